The second-order valence-electron chi connectivity index (χ2n) is 7.67. The quantitative estimate of drug-likeness (QED) is 0.658. The molecule has 1 aromatic heterocycles. The molecule has 1 heterocycles. The first kappa shape index (κ1) is 20.5. The fourth-order valence-electron chi connectivity index (χ4n) is 4.00. The van der Waals surface area contributed by atoms with Crippen LogP contribution in [0.3, 0.4) is 0 Å². The van der Waals surface area contributed by atoms with Crippen molar-refractivity contribution in [1.29, 1.82) is 0 Å². The first-order chi connectivity index (χ1) is 14.5. The van der Waals surface area contributed by atoms with E-state index in [1.54, 1.807) is 43.6 Å². The molecule has 3 aromatic rings. The molecule has 0 unspecified atom stereocenters. The van der Waals surface area contributed by atoms with Crippen molar-refractivity contribution in [1.82, 2.24) is 9.29 Å². The van der Waals surface area contributed by atoms with Crippen molar-refractivity contribution in [2.75, 3.05) is 12.4 Å². The van der Waals surface area contributed by atoms with Gasteiger partial charge in [-0.05, 0) is 49.2 Å². The third-order valence-corrected chi connectivity index (χ3v) is 7.68. The summed E-state index contributed by atoms with van der Waals surface area (Å²) in [4.78, 5) is 17.3. The second kappa shape index (κ2) is 8.53. The van der Waals surface area contributed by atoms with E-state index in [2.05, 4.69) is 10.3 Å². The smallest absolute Gasteiger partial charge is 0.257 e. The topological polar surface area (TPSA) is 79.4 Å². The Morgan fingerprint density at radius 3 is 2.43 bits per heavy atom. The molecule has 7 heteroatoms. The number of nitrogens with zero attached hydrogens (tertiary/aromatic N) is 2. The molecule has 0 bridgehead atoms. The molecule has 0 radical (unpaired) electrons. The summed E-state index contributed by atoms with van der Waals surface area (Å²) in [5.74, 6) is -0.283. The number of pyridine rings is 1. The molecular formula is C23H25N3O3S. The molecule has 0 saturated heterocycles. The maximum Gasteiger partial charge on any atom is 0.257 e. The highest BCUT2D eigenvalue weighted by Gasteiger charge is 2.29. The van der Waals surface area contributed by atoms with E-state index in [1.807, 2.05) is 24.3 Å². The lowest BCUT2D eigenvalue weighted by Gasteiger charge is -2.30. The number of fused-ring (bicyclic) bond motifs is 1. The molecule has 1 fully saturated rings. The largest absolute Gasteiger partial charge is 0.322 e. The van der Waals surface area contributed by atoms with Crippen LogP contribution in [0.5, 0.6) is 0 Å². The van der Waals surface area contributed by atoms with Crippen molar-refractivity contribution in [2.24, 2.45) is 0 Å². The first-order valence-corrected chi connectivity index (χ1v) is 11.6. The van der Waals surface area contributed by atoms with Gasteiger partial charge >= 0.3 is 0 Å². The van der Waals surface area contributed by atoms with Crippen LogP contribution in [0.15, 0.2) is 65.7 Å². The van der Waals surface area contributed by atoms with Gasteiger partial charge in [-0.3, -0.25) is 9.78 Å². The highest BCUT2D eigenvalue weighted by atomic mass is 32.2. The zero-order valence-electron chi connectivity index (χ0n) is 16.9. The fraction of sp³-hybridized carbons (Fsp3) is 0.304. The molecule has 1 saturated carbocycles. The van der Waals surface area contributed by atoms with Gasteiger partial charge < -0.3 is 5.32 Å². The number of hydrogen-bond donors (Lipinski definition) is 1. The monoisotopic (exact) mass is 423 g/mol. The Morgan fingerprint density at radius 2 is 1.70 bits per heavy atom. The van der Waals surface area contributed by atoms with E-state index in [9.17, 15) is 13.2 Å². The lowest BCUT2D eigenvalue weighted by molar-refractivity contribution is 0.102. The predicted molar refractivity (Wildman–Crippen MR) is 118 cm³/mol. The number of nitrogens with one attached hydrogen (secondary N) is 1. The summed E-state index contributed by atoms with van der Waals surface area (Å²) in [5, 5.41) is 3.72. The maximum absolute atomic E-state index is 13.0. The van der Waals surface area contributed by atoms with Gasteiger partial charge in [0.2, 0.25) is 10.0 Å². The van der Waals surface area contributed by atoms with Crippen LogP contribution in [-0.2, 0) is 10.0 Å². The van der Waals surface area contributed by atoms with Crippen molar-refractivity contribution in [3.05, 3.63) is 66.4 Å². The van der Waals surface area contributed by atoms with Gasteiger partial charge in [0.1, 0.15) is 0 Å². The summed E-state index contributed by atoms with van der Waals surface area (Å²) in [6, 6.07) is 15.6. The number of sulfonamides is 1. The van der Waals surface area contributed by atoms with Gasteiger partial charge in [0.15, 0.2) is 0 Å². The van der Waals surface area contributed by atoms with E-state index in [1.165, 1.54) is 10.7 Å². The average molecular weight is 424 g/mol. The van der Waals surface area contributed by atoms with Gasteiger partial charge in [0.25, 0.3) is 5.91 Å². The van der Waals surface area contributed by atoms with Crippen LogP contribution in [0.4, 0.5) is 5.69 Å². The minimum atomic E-state index is -3.55. The Labute approximate surface area is 177 Å². The number of anilines is 1. The minimum absolute atomic E-state index is 0.0574. The third-order valence-electron chi connectivity index (χ3n) is 5.76. The summed E-state index contributed by atoms with van der Waals surface area (Å²) >= 11 is 0. The molecule has 1 amide bonds. The molecule has 1 aliphatic carbocycles. The molecule has 0 spiro atoms. The summed E-state index contributed by atoms with van der Waals surface area (Å²) in [6.45, 7) is 0. The number of carbonyl (C=O) groups excluding carboxylic acids is 1. The van der Waals surface area contributed by atoms with E-state index >= 15 is 0 Å². The van der Waals surface area contributed by atoms with E-state index in [0.717, 1.165) is 31.1 Å². The van der Waals surface area contributed by atoms with Crippen LogP contribution in [0, 0.1) is 0 Å². The van der Waals surface area contributed by atoms with E-state index < -0.39 is 10.0 Å². The van der Waals surface area contributed by atoms with Gasteiger partial charge in [-0.15, -0.1) is 0 Å². The van der Waals surface area contributed by atoms with E-state index in [0.29, 0.717) is 16.8 Å². The Bertz CT molecular complexity index is 1150. The van der Waals surface area contributed by atoms with Gasteiger partial charge in [0.05, 0.1) is 16.0 Å². The van der Waals surface area contributed by atoms with Gasteiger partial charge in [-0.25, -0.2) is 8.42 Å². The number of para-hydroxylation sites is 1. The van der Waals surface area contributed by atoms with Gasteiger partial charge in [0, 0.05) is 30.4 Å². The number of amides is 1. The van der Waals surface area contributed by atoms with Crippen molar-refractivity contribution >= 4 is 32.5 Å². The average Bonchev–Trinajstić information content (AvgIpc) is 2.79. The van der Waals surface area contributed by atoms with Crippen molar-refractivity contribution in [3.8, 4) is 0 Å². The molecule has 0 aliphatic heterocycles. The standard InChI is InChI=1S/C23H25N3O3S/c1-26(19-9-3-2-4-10-19)30(28,29)20-14-12-18(13-15-20)25-23(27)21-11-5-7-17-8-6-16-24-22(17)21/h5-8,11-16,19H,2-4,9-10H2,1H3,(H,25,27). The number of benzene rings is 2. The molecular weight excluding hydrogens is 398 g/mol. The summed E-state index contributed by atoms with van der Waals surface area (Å²) < 4.78 is 27.4. The van der Waals surface area contributed by atoms with Gasteiger partial charge in [-0.2, -0.15) is 4.31 Å². The van der Waals surface area contributed by atoms with Crippen LogP contribution < -0.4 is 5.32 Å². The Balaban J connectivity index is 1.51. The molecule has 156 valence electrons. The zero-order chi connectivity index (χ0) is 21.1. The van der Waals surface area contributed by atoms with Crippen LogP contribution in [0.1, 0.15) is 42.5 Å². The van der Waals surface area contributed by atoms with Crippen LogP contribution in [-0.4, -0.2) is 36.7 Å². The Hall–Kier alpha value is -2.77. The Kier molecular flexibility index (Phi) is 5.83. The number of hydrogen-bond acceptors (Lipinski definition) is 4. The zero-order valence-corrected chi connectivity index (χ0v) is 17.7. The summed E-state index contributed by atoms with van der Waals surface area (Å²) in [7, 11) is -1.89. The van der Waals surface area contributed by atoms with E-state index in [4.69, 9.17) is 0 Å². The summed E-state index contributed by atoms with van der Waals surface area (Å²) in [6.07, 6.45) is 6.77. The summed E-state index contributed by atoms with van der Waals surface area (Å²) in [5.41, 5.74) is 1.64. The predicted octanol–water partition coefficient (Wildman–Crippen LogP) is 4.44. The van der Waals surface area contributed by atoms with Gasteiger partial charge in [-0.1, -0.05) is 37.5 Å². The molecule has 1 N–H and O–H groups in total. The molecule has 30 heavy (non-hydrogen) atoms. The number of aromatic nitrogens is 1. The third kappa shape index (κ3) is 4.08. The van der Waals surface area contributed by atoms with Crippen LogP contribution >= 0.6 is 0 Å². The first-order valence-electron chi connectivity index (χ1n) is 10.2. The van der Waals surface area contributed by atoms with E-state index in [-0.39, 0.29) is 16.8 Å². The molecule has 1 aliphatic rings. The van der Waals surface area contributed by atoms with Crippen LogP contribution in [0.25, 0.3) is 10.9 Å². The molecule has 0 atom stereocenters. The lowest BCUT2D eigenvalue weighted by atomic mass is 9.96. The molecule has 4 rings (SSSR count). The highest BCUT2D eigenvalue weighted by molar-refractivity contribution is 7.89. The maximum atomic E-state index is 13.0. The SMILES string of the molecule is CN(C1CCCCC1)S(=O)(=O)c1ccc(NC(=O)c2cccc3cccnc23)cc1. The number of carbonyl (C=O) groups is 1. The highest BCUT2D eigenvalue weighted by Crippen LogP contribution is 2.27. The second-order valence-corrected chi connectivity index (χ2v) is 9.67. The lowest BCUT2D eigenvalue weighted by Crippen LogP contribution is -2.38. The molecule has 2 aromatic carbocycles. The van der Waals surface area contributed by atoms with Crippen molar-refractivity contribution < 1.29 is 13.2 Å². The fourth-order valence-corrected chi connectivity index (χ4v) is 5.42. The minimum Gasteiger partial charge on any atom is -0.322 e. The molecule has 6 nitrogen and oxygen atoms in total. The Morgan fingerprint density at radius 1 is 1.00 bits per heavy atom. The number of rotatable bonds is 5. The van der Waals surface area contributed by atoms with Crippen molar-refractivity contribution in [3.63, 3.8) is 0 Å². The van der Waals surface area contributed by atoms with Crippen LogP contribution in [0.2, 0.25) is 0 Å². The normalized spacial score (nSPS) is 15.4. The van der Waals surface area contributed by atoms with Crippen molar-refractivity contribution in [2.45, 2.75) is 43.0 Å².